The summed E-state index contributed by atoms with van der Waals surface area (Å²) >= 11 is 0. The molecule has 0 amide bonds. The van der Waals surface area contributed by atoms with Crippen LogP contribution in [0.25, 0.3) is 0 Å². The van der Waals surface area contributed by atoms with Crippen molar-refractivity contribution in [2.45, 2.75) is 13.3 Å². The number of carbonyl (C=O) groups excluding carboxylic acids is 1. The molecule has 1 aliphatic heterocycles. The summed E-state index contributed by atoms with van der Waals surface area (Å²) < 4.78 is 21.9. The summed E-state index contributed by atoms with van der Waals surface area (Å²) in [6.07, 6.45) is 1.49. The Hall–Kier alpha value is -0.380. The molecule has 0 spiro atoms. The molecule has 1 fully saturated rings. The number of hydrogen-bond acceptors (Lipinski definition) is 3. The van der Waals surface area contributed by atoms with E-state index in [0.29, 0.717) is 6.42 Å². The lowest BCUT2D eigenvalue weighted by Gasteiger charge is -2.08. The lowest BCUT2D eigenvalue weighted by Crippen LogP contribution is -2.14. The minimum atomic E-state index is -2.81. The summed E-state index contributed by atoms with van der Waals surface area (Å²) in [6, 6.07) is 0. The van der Waals surface area contributed by atoms with Gasteiger partial charge in [0.15, 0.2) is 9.84 Å². The first kappa shape index (κ1) is 8.71. The van der Waals surface area contributed by atoms with E-state index in [1.807, 2.05) is 0 Å². The van der Waals surface area contributed by atoms with E-state index < -0.39 is 9.84 Å². The van der Waals surface area contributed by atoms with Crippen LogP contribution in [0, 0.1) is 11.8 Å². The second-order valence-corrected chi connectivity index (χ2v) is 5.39. The molecule has 1 heterocycles. The second-order valence-electron chi connectivity index (χ2n) is 3.16. The second kappa shape index (κ2) is 2.93. The number of carbonyl (C=O) groups is 1. The fraction of sp³-hybridized carbons (Fsp3) is 0.857. The SMILES string of the molecule is CC(C=O)C1CCS(=O)(=O)C1. The molecule has 1 aliphatic rings. The van der Waals surface area contributed by atoms with Crippen LogP contribution in [-0.4, -0.2) is 26.2 Å². The van der Waals surface area contributed by atoms with E-state index in [-0.39, 0.29) is 23.3 Å². The highest BCUT2D eigenvalue weighted by Gasteiger charge is 2.31. The maximum atomic E-state index is 10.9. The Morgan fingerprint density at radius 1 is 1.55 bits per heavy atom. The van der Waals surface area contributed by atoms with Gasteiger partial charge < -0.3 is 4.79 Å². The van der Waals surface area contributed by atoms with E-state index in [2.05, 4.69) is 0 Å². The number of sulfone groups is 1. The van der Waals surface area contributed by atoms with Gasteiger partial charge in [0, 0.05) is 5.92 Å². The third-order valence-corrected chi connectivity index (χ3v) is 4.02. The van der Waals surface area contributed by atoms with Gasteiger partial charge in [-0.25, -0.2) is 8.42 Å². The summed E-state index contributed by atoms with van der Waals surface area (Å²) in [5.41, 5.74) is 0. The average Bonchev–Trinajstić information content (AvgIpc) is 2.29. The van der Waals surface area contributed by atoms with Crippen molar-refractivity contribution in [3.63, 3.8) is 0 Å². The monoisotopic (exact) mass is 176 g/mol. The summed E-state index contributed by atoms with van der Waals surface area (Å²) in [5.74, 6) is 0.424. The molecule has 4 heteroatoms. The molecule has 0 N–H and O–H groups in total. The zero-order valence-corrected chi connectivity index (χ0v) is 7.30. The van der Waals surface area contributed by atoms with Gasteiger partial charge >= 0.3 is 0 Å². The van der Waals surface area contributed by atoms with Gasteiger partial charge in [0.05, 0.1) is 11.5 Å². The first-order valence-corrected chi connectivity index (χ1v) is 5.53. The fourth-order valence-corrected chi connectivity index (χ4v) is 3.30. The molecule has 11 heavy (non-hydrogen) atoms. The normalized spacial score (nSPS) is 31.5. The van der Waals surface area contributed by atoms with E-state index in [9.17, 15) is 13.2 Å². The topological polar surface area (TPSA) is 51.2 Å². The van der Waals surface area contributed by atoms with Crippen LogP contribution in [0.1, 0.15) is 13.3 Å². The Balaban J connectivity index is 2.61. The molecule has 0 radical (unpaired) electrons. The summed E-state index contributed by atoms with van der Waals surface area (Å²) in [5, 5.41) is 0. The van der Waals surface area contributed by atoms with E-state index in [4.69, 9.17) is 0 Å². The first-order valence-electron chi connectivity index (χ1n) is 3.71. The van der Waals surface area contributed by atoms with Crippen molar-refractivity contribution in [3.8, 4) is 0 Å². The molecule has 1 rings (SSSR count). The van der Waals surface area contributed by atoms with Crippen LogP contribution in [-0.2, 0) is 14.6 Å². The zero-order valence-electron chi connectivity index (χ0n) is 6.49. The third-order valence-electron chi connectivity index (χ3n) is 2.23. The van der Waals surface area contributed by atoms with Crippen molar-refractivity contribution >= 4 is 16.1 Å². The number of hydrogen-bond donors (Lipinski definition) is 0. The molecule has 2 unspecified atom stereocenters. The molecule has 3 nitrogen and oxygen atoms in total. The highest BCUT2D eigenvalue weighted by Crippen LogP contribution is 2.24. The van der Waals surface area contributed by atoms with Gasteiger partial charge in [0.2, 0.25) is 0 Å². The Morgan fingerprint density at radius 3 is 2.55 bits per heavy atom. The lowest BCUT2D eigenvalue weighted by atomic mass is 9.95. The highest BCUT2D eigenvalue weighted by molar-refractivity contribution is 7.91. The van der Waals surface area contributed by atoms with E-state index in [1.54, 1.807) is 6.92 Å². The Morgan fingerprint density at radius 2 is 2.18 bits per heavy atom. The van der Waals surface area contributed by atoms with Crippen LogP contribution >= 0.6 is 0 Å². The summed E-state index contributed by atoms with van der Waals surface area (Å²) in [6.45, 7) is 1.78. The van der Waals surface area contributed by atoms with Crippen LogP contribution in [0.15, 0.2) is 0 Å². The van der Waals surface area contributed by atoms with Gasteiger partial charge in [-0.3, -0.25) is 0 Å². The fourth-order valence-electron chi connectivity index (χ4n) is 1.35. The Bertz CT molecular complexity index is 242. The van der Waals surface area contributed by atoms with E-state index in [1.165, 1.54) is 0 Å². The summed E-state index contributed by atoms with van der Waals surface area (Å²) in [7, 11) is -2.81. The quantitative estimate of drug-likeness (QED) is 0.567. The van der Waals surface area contributed by atoms with Crippen LogP contribution < -0.4 is 0 Å². The molecular formula is C7H12O3S. The predicted octanol–water partition coefficient (Wildman–Crippen LogP) is 0.256. The van der Waals surface area contributed by atoms with Crippen LogP contribution in [0.2, 0.25) is 0 Å². The Labute approximate surface area is 66.7 Å². The predicted molar refractivity (Wildman–Crippen MR) is 42.0 cm³/mol. The minimum Gasteiger partial charge on any atom is -0.303 e. The Kier molecular flexibility index (Phi) is 2.32. The van der Waals surface area contributed by atoms with Gasteiger partial charge in [-0.2, -0.15) is 0 Å². The van der Waals surface area contributed by atoms with Crippen LogP contribution in [0.3, 0.4) is 0 Å². The van der Waals surface area contributed by atoms with E-state index in [0.717, 1.165) is 6.29 Å². The maximum Gasteiger partial charge on any atom is 0.150 e. The average molecular weight is 176 g/mol. The highest BCUT2D eigenvalue weighted by atomic mass is 32.2. The number of aldehydes is 1. The van der Waals surface area contributed by atoms with Crippen molar-refractivity contribution in [2.75, 3.05) is 11.5 Å². The van der Waals surface area contributed by atoms with Crippen LogP contribution in [0.4, 0.5) is 0 Å². The van der Waals surface area contributed by atoms with Crippen LogP contribution in [0.5, 0.6) is 0 Å². The van der Waals surface area contributed by atoms with E-state index >= 15 is 0 Å². The third kappa shape index (κ3) is 2.02. The molecule has 64 valence electrons. The molecule has 0 aromatic carbocycles. The lowest BCUT2D eigenvalue weighted by molar-refractivity contribution is -0.111. The molecule has 0 bridgehead atoms. The molecule has 2 atom stereocenters. The summed E-state index contributed by atoms with van der Waals surface area (Å²) in [4.78, 5) is 10.3. The standard InChI is InChI=1S/C7H12O3S/c1-6(4-8)7-2-3-11(9,10)5-7/h4,6-7H,2-3,5H2,1H3. The van der Waals surface area contributed by atoms with Crippen molar-refractivity contribution in [2.24, 2.45) is 11.8 Å². The van der Waals surface area contributed by atoms with Crippen molar-refractivity contribution in [1.29, 1.82) is 0 Å². The molecule has 0 aromatic heterocycles. The zero-order chi connectivity index (χ0) is 8.48. The maximum absolute atomic E-state index is 10.9. The van der Waals surface area contributed by atoms with Gasteiger partial charge in [-0.1, -0.05) is 6.92 Å². The molecule has 1 saturated heterocycles. The number of rotatable bonds is 2. The smallest absolute Gasteiger partial charge is 0.150 e. The van der Waals surface area contributed by atoms with Crippen molar-refractivity contribution in [3.05, 3.63) is 0 Å². The molecule has 0 saturated carbocycles. The van der Waals surface area contributed by atoms with Gasteiger partial charge in [-0.05, 0) is 12.3 Å². The minimum absolute atomic E-state index is 0.0671. The van der Waals surface area contributed by atoms with Gasteiger partial charge in [-0.15, -0.1) is 0 Å². The van der Waals surface area contributed by atoms with Gasteiger partial charge in [0.1, 0.15) is 6.29 Å². The van der Waals surface area contributed by atoms with Gasteiger partial charge in [0.25, 0.3) is 0 Å². The first-order chi connectivity index (χ1) is 5.05. The molecule has 0 aliphatic carbocycles. The largest absolute Gasteiger partial charge is 0.303 e. The van der Waals surface area contributed by atoms with Crippen molar-refractivity contribution < 1.29 is 13.2 Å². The van der Waals surface area contributed by atoms with Crippen molar-refractivity contribution in [1.82, 2.24) is 0 Å². The molecular weight excluding hydrogens is 164 g/mol. The molecule has 0 aromatic rings.